The highest BCUT2D eigenvalue weighted by atomic mass is 16.3. The smallest absolute Gasteiger partial charge is 0.235 e. The number of carbonyl (C=O) groups is 5. The van der Waals surface area contributed by atoms with Crippen LogP contribution in [0.4, 0.5) is 0 Å². The Kier molecular flexibility index (Phi) is 5.50. The standard InChI is InChI=1S/C23H27N3O7/c1-25-8-9-4-5-13(27)15-11(9)6-10-7-12-17(26(2)3)19(29)16(22(24)32)21(31)23(12,33)20(30)14(10)18(15)28/h4-5,10,12,14,16-17,25,27,33H,6-8H2,1-3H3,(H2,24,32)/t10-,12-,14?,16?,17-,23-/m0/s1. The largest absolute Gasteiger partial charge is 0.507 e. The molecule has 1 amide bonds. The van der Waals surface area contributed by atoms with Crippen molar-refractivity contribution in [3.63, 3.8) is 0 Å². The molecule has 0 saturated heterocycles. The molecule has 3 aliphatic rings. The number of aliphatic hydroxyl groups is 1. The second kappa shape index (κ2) is 7.82. The van der Waals surface area contributed by atoms with Gasteiger partial charge in [-0.15, -0.1) is 0 Å². The predicted octanol–water partition coefficient (Wildman–Crippen LogP) is -1.41. The molecule has 2 unspecified atom stereocenters. The van der Waals surface area contributed by atoms with E-state index in [0.717, 1.165) is 5.56 Å². The number of likely N-dealkylation sites (N-methyl/N-ethyl adjacent to an activating group) is 1. The van der Waals surface area contributed by atoms with E-state index >= 15 is 0 Å². The third-order valence-electron chi connectivity index (χ3n) is 7.41. The van der Waals surface area contributed by atoms with Crippen LogP contribution in [-0.2, 0) is 32.1 Å². The van der Waals surface area contributed by atoms with Gasteiger partial charge in [0.1, 0.15) is 5.75 Å². The van der Waals surface area contributed by atoms with Crippen LogP contribution in [0, 0.1) is 23.7 Å². The van der Waals surface area contributed by atoms with Crippen molar-refractivity contribution >= 4 is 29.0 Å². The van der Waals surface area contributed by atoms with Crippen LogP contribution in [0.3, 0.4) is 0 Å². The number of benzene rings is 1. The average molecular weight is 457 g/mol. The van der Waals surface area contributed by atoms with E-state index in [1.54, 1.807) is 27.2 Å². The van der Waals surface area contributed by atoms with E-state index in [1.807, 2.05) is 0 Å². The molecule has 3 aliphatic carbocycles. The predicted molar refractivity (Wildman–Crippen MR) is 114 cm³/mol. The first kappa shape index (κ1) is 23.2. The lowest BCUT2D eigenvalue weighted by molar-refractivity contribution is -0.181. The SMILES string of the molecule is CNCc1ccc(O)c2c1C[C@H]1C[C@H]3[C@H](N(C)C)C(=O)C(C(N)=O)C(=O)[C@@]3(O)C(=O)C1C2=O. The van der Waals surface area contributed by atoms with Crippen LogP contribution in [0.1, 0.15) is 27.9 Å². The fourth-order valence-electron chi connectivity index (χ4n) is 6.03. The molecule has 33 heavy (non-hydrogen) atoms. The van der Waals surface area contributed by atoms with Gasteiger partial charge in [-0.25, -0.2) is 0 Å². The monoisotopic (exact) mass is 457 g/mol. The zero-order chi connectivity index (χ0) is 24.4. The molecular formula is C23H27N3O7. The maximum Gasteiger partial charge on any atom is 0.235 e. The summed E-state index contributed by atoms with van der Waals surface area (Å²) < 4.78 is 0. The Labute approximate surface area is 190 Å². The van der Waals surface area contributed by atoms with E-state index in [0.29, 0.717) is 12.1 Å². The van der Waals surface area contributed by atoms with Gasteiger partial charge in [0.15, 0.2) is 34.7 Å². The fraction of sp³-hybridized carbons (Fsp3) is 0.522. The maximum atomic E-state index is 13.6. The number of rotatable bonds is 4. The number of hydrogen-bond acceptors (Lipinski definition) is 9. The molecule has 10 nitrogen and oxygen atoms in total. The van der Waals surface area contributed by atoms with Crippen molar-refractivity contribution in [2.45, 2.75) is 31.0 Å². The van der Waals surface area contributed by atoms with Gasteiger partial charge in [-0.2, -0.15) is 0 Å². The lowest BCUT2D eigenvalue weighted by atomic mass is 9.52. The van der Waals surface area contributed by atoms with Crippen LogP contribution in [0.25, 0.3) is 0 Å². The molecule has 0 aromatic heterocycles. The van der Waals surface area contributed by atoms with Crippen molar-refractivity contribution < 1.29 is 34.2 Å². The number of amides is 1. The van der Waals surface area contributed by atoms with E-state index in [-0.39, 0.29) is 24.2 Å². The third-order valence-corrected chi connectivity index (χ3v) is 7.41. The Morgan fingerprint density at radius 1 is 1.21 bits per heavy atom. The molecule has 2 fully saturated rings. The molecule has 5 N–H and O–H groups in total. The highest BCUT2D eigenvalue weighted by molar-refractivity contribution is 6.32. The number of fused-ring (bicyclic) bond motifs is 3. The van der Waals surface area contributed by atoms with Crippen LogP contribution in [0.5, 0.6) is 5.75 Å². The minimum absolute atomic E-state index is 0.00865. The first-order chi connectivity index (χ1) is 15.5. The Morgan fingerprint density at radius 2 is 1.88 bits per heavy atom. The Balaban J connectivity index is 1.87. The molecule has 0 bridgehead atoms. The van der Waals surface area contributed by atoms with Crippen LogP contribution >= 0.6 is 0 Å². The van der Waals surface area contributed by atoms with Crippen molar-refractivity contribution in [1.29, 1.82) is 0 Å². The summed E-state index contributed by atoms with van der Waals surface area (Å²) in [6.07, 6.45) is 0.301. The number of phenolic OH excluding ortho intramolecular Hbond substituents is 1. The van der Waals surface area contributed by atoms with Crippen LogP contribution in [0.15, 0.2) is 12.1 Å². The lowest BCUT2D eigenvalue weighted by Gasteiger charge is -2.52. The summed E-state index contributed by atoms with van der Waals surface area (Å²) in [6, 6.07) is 1.98. The number of nitrogens with one attached hydrogen (secondary N) is 1. The summed E-state index contributed by atoms with van der Waals surface area (Å²) in [4.78, 5) is 66.7. The maximum absolute atomic E-state index is 13.6. The van der Waals surface area contributed by atoms with Crippen molar-refractivity contribution in [3.8, 4) is 5.75 Å². The van der Waals surface area contributed by atoms with Gasteiger partial charge in [0.2, 0.25) is 5.91 Å². The van der Waals surface area contributed by atoms with Crippen LogP contribution in [-0.4, -0.2) is 76.9 Å². The number of ketones is 4. The van der Waals surface area contributed by atoms with Gasteiger partial charge in [0.25, 0.3) is 0 Å². The molecule has 176 valence electrons. The van der Waals surface area contributed by atoms with Crippen LogP contribution < -0.4 is 11.1 Å². The third kappa shape index (κ3) is 3.08. The van der Waals surface area contributed by atoms with E-state index in [1.165, 1.54) is 11.0 Å². The van der Waals surface area contributed by atoms with Gasteiger partial charge >= 0.3 is 0 Å². The number of nitrogens with zero attached hydrogens (tertiary/aromatic N) is 1. The molecule has 1 aromatic rings. The molecule has 0 spiro atoms. The second-order valence-corrected chi connectivity index (χ2v) is 9.42. The summed E-state index contributed by atoms with van der Waals surface area (Å²) in [5.74, 6) is -10.3. The van der Waals surface area contributed by atoms with Gasteiger partial charge in [0, 0.05) is 12.5 Å². The first-order valence-electron chi connectivity index (χ1n) is 10.8. The highest BCUT2D eigenvalue weighted by Gasteiger charge is 2.69. The topological polar surface area (TPSA) is 167 Å². The molecule has 6 atom stereocenters. The molecular weight excluding hydrogens is 430 g/mol. The molecule has 10 heteroatoms. The summed E-state index contributed by atoms with van der Waals surface area (Å²) in [6.45, 7) is 0.437. The van der Waals surface area contributed by atoms with Crippen molar-refractivity contribution in [2.75, 3.05) is 21.1 Å². The minimum Gasteiger partial charge on any atom is -0.507 e. The summed E-state index contributed by atoms with van der Waals surface area (Å²) in [7, 11) is 4.85. The number of hydrogen-bond donors (Lipinski definition) is 4. The lowest BCUT2D eigenvalue weighted by Crippen LogP contribution is -2.74. The van der Waals surface area contributed by atoms with E-state index in [4.69, 9.17) is 5.73 Å². The number of nitrogens with two attached hydrogens (primary N) is 1. The fourth-order valence-corrected chi connectivity index (χ4v) is 6.03. The summed E-state index contributed by atoms with van der Waals surface area (Å²) >= 11 is 0. The number of carbonyl (C=O) groups excluding carboxylic acids is 5. The highest BCUT2D eigenvalue weighted by Crippen LogP contribution is 2.50. The van der Waals surface area contributed by atoms with Crippen molar-refractivity contribution in [2.24, 2.45) is 29.4 Å². The molecule has 1 aromatic carbocycles. The first-order valence-corrected chi connectivity index (χ1v) is 10.8. The minimum atomic E-state index is -2.70. The summed E-state index contributed by atoms with van der Waals surface area (Å²) in [5.41, 5.74) is 4.01. The number of phenols is 1. The quantitative estimate of drug-likeness (QED) is 0.397. The number of aromatic hydroxyl groups is 1. The normalized spacial score (nSPS) is 33.5. The zero-order valence-electron chi connectivity index (χ0n) is 18.6. The van der Waals surface area contributed by atoms with Gasteiger partial charge in [-0.05, 0) is 57.1 Å². The molecule has 0 radical (unpaired) electrons. The summed E-state index contributed by atoms with van der Waals surface area (Å²) in [5, 5.41) is 24.9. The molecule has 2 saturated carbocycles. The molecule has 0 aliphatic heterocycles. The number of Topliss-reactive ketones (excluding diaryl/α,β-unsaturated/α-hetero) is 4. The Bertz CT molecular complexity index is 1100. The van der Waals surface area contributed by atoms with E-state index in [2.05, 4.69) is 5.32 Å². The van der Waals surface area contributed by atoms with Gasteiger partial charge < -0.3 is 21.3 Å². The van der Waals surface area contributed by atoms with Crippen molar-refractivity contribution in [1.82, 2.24) is 10.2 Å². The second-order valence-electron chi connectivity index (χ2n) is 9.42. The van der Waals surface area contributed by atoms with Crippen LogP contribution in [0.2, 0.25) is 0 Å². The van der Waals surface area contributed by atoms with Gasteiger partial charge in [0.05, 0.1) is 17.5 Å². The molecule has 4 rings (SSSR count). The molecule has 0 heterocycles. The van der Waals surface area contributed by atoms with Crippen molar-refractivity contribution in [3.05, 3.63) is 28.8 Å². The van der Waals surface area contributed by atoms with E-state index < -0.39 is 64.4 Å². The zero-order valence-corrected chi connectivity index (χ0v) is 18.6. The Morgan fingerprint density at radius 3 is 2.45 bits per heavy atom. The Hall–Kier alpha value is -2.95. The van der Waals surface area contributed by atoms with E-state index in [9.17, 15) is 34.2 Å². The van der Waals surface area contributed by atoms with Gasteiger partial charge in [-0.3, -0.25) is 28.9 Å². The average Bonchev–Trinajstić information content (AvgIpc) is 2.72. The van der Waals surface area contributed by atoms with Gasteiger partial charge in [-0.1, -0.05) is 6.07 Å². The number of primary amides is 1.